The molecular weight excluding hydrogens is 418 g/mol. The Morgan fingerprint density at radius 3 is 2.55 bits per heavy atom. The largest absolute Gasteiger partial charge is 0.375 e. The first-order valence-electron chi connectivity index (χ1n) is 10.3. The van der Waals surface area contributed by atoms with Gasteiger partial charge < -0.3 is 10.6 Å². The van der Waals surface area contributed by atoms with Gasteiger partial charge in [0.25, 0.3) is 0 Å². The zero-order chi connectivity index (χ0) is 21.4. The number of fused-ring (bicyclic) bond motifs is 1. The van der Waals surface area contributed by atoms with Gasteiger partial charge in [-0.2, -0.15) is 0 Å². The fourth-order valence-corrected chi connectivity index (χ4v) is 5.05. The third-order valence-corrected chi connectivity index (χ3v) is 6.77. The molecule has 1 aliphatic heterocycles. The molecular formula is C22H22F2N6S. The molecule has 3 heterocycles. The minimum atomic E-state index is -0.293. The standard InChI is InChI=1S/C22H22F2N6S/c23-15-3-1-14(2-4-15)21-20(31-22(25)26-21)9-12-29-10-7-17(8-11-29)30-19-6-5-16(24)13-18(19)27-28-30/h1-6,13,17H,7-12H2,(H2,25,26). The van der Waals surface area contributed by atoms with E-state index in [0.29, 0.717) is 10.6 Å². The van der Waals surface area contributed by atoms with Crippen molar-refractivity contribution in [2.75, 3.05) is 25.4 Å². The summed E-state index contributed by atoms with van der Waals surface area (Å²) < 4.78 is 28.6. The molecule has 2 aromatic heterocycles. The van der Waals surface area contributed by atoms with Gasteiger partial charge in [-0.25, -0.2) is 18.4 Å². The Labute approximate surface area is 182 Å². The summed E-state index contributed by atoms with van der Waals surface area (Å²) >= 11 is 1.50. The van der Waals surface area contributed by atoms with Crippen LogP contribution >= 0.6 is 11.3 Å². The molecule has 6 nitrogen and oxygen atoms in total. The van der Waals surface area contributed by atoms with Crippen LogP contribution in [0.15, 0.2) is 42.5 Å². The first kappa shape index (κ1) is 20.0. The summed E-state index contributed by atoms with van der Waals surface area (Å²) in [6.07, 6.45) is 2.77. The Balaban J connectivity index is 1.22. The van der Waals surface area contributed by atoms with Gasteiger partial charge in [0.15, 0.2) is 5.13 Å². The molecule has 2 aromatic carbocycles. The predicted molar refractivity (Wildman–Crippen MR) is 118 cm³/mol. The highest BCUT2D eigenvalue weighted by Gasteiger charge is 2.23. The van der Waals surface area contributed by atoms with Gasteiger partial charge >= 0.3 is 0 Å². The number of nitrogens with two attached hydrogens (primary N) is 1. The fraction of sp³-hybridized carbons (Fsp3) is 0.318. The van der Waals surface area contributed by atoms with Crippen molar-refractivity contribution in [3.05, 3.63) is 59.0 Å². The number of thiazole rings is 1. The highest BCUT2D eigenvalue weighted by atomic mass is 32.1. The summed E-state index contributed by atoms with van der Waals surface area (Å²) in [7, 11) is 0. The SMILES string of the molecule is Nc1nc(-c2ccc(F)cc2)c(CCN2CCC(n3nnc4cc(F)ccc43)CC2)s1. The monoisotopic (exact) mass is 440 g/mol. The van der Waals surface area contributed by atoms with E-state index in [1.807, 2.05) is 4.68 Å². The van der Waals surface area contributed by atoms with Crippen LogP contribution < -0.4 is 5.73 Å². The number of anilines is 1. The first-order valence-corrected chi connectivity index (χ1v) is 11.1. The van der Waals surface area contributed by atoms with Crippen molar-refractivity contribution in [1.29, 1.82) is 0 Å². The molecule has 0 bridgehead atoms. The van der Waals surface area contributed by atoms with Gasteiger partial charge in [-0.15, -0.1) is 16.4 Å². The summed E-state index contributed by atoms with van der Waals surface area (Å²) in [4.78, 5) is 8.02. The maximum atomic E-state index is 13.4. The van der Waals surface area contributed by atoms with Gasteiger partial charge in [0, 0.05) is 36.1 Å². The lowest BCUT2D eigenvalue weighted by molar-refractivity contribution is 0.183. The number of nitrogens with zero attached hydrogens (tertiary/aromatic N) is 5. The number of rotatable bonds is 5. The second kappa shape index (κ2) is 8.32. The number of likely N-dealkylation sites (tertiary alicyclic amines) is 1. The fourth-order valence-electron chi connectivity index (χ4n) is 4.20. The van der Waals surface area contributed by atoms with Crippen LogP contribution in [-0.2, 0) is 6.42 Å². The van der Waals surface area contributed by atoms with Gasteiger partial charge in [-0.05, 0) is 55.7 Å². The molecule has 0 unspecified atom stereocenters. The molecule has 1 fully saturated rings. The third kappa shape index (κ3) is 4.15. The zero-order valence-electron chi connectivity index (χ0n) is 16.8. The zero-order valence-corrected chi connectivity index (χ0v) is 17.7. The minimum Gasteiger partial charge on any atom is -0.375 e. The topological polar surface area (TPSA) is 72.9 Å². The molecule has 0 spiro atoms. The van der Waals surface area contributed by atoms with Crippen molar-refractivity contribution in [2.45, 2.75) is 25.3 Å². The molecule has 0 saturated carbocycles. The predicted octanol–water partition coefficient (Wildman–Crippen LogP) is 4.29. The van der Waals surface area contributed by atoms with E-state index in [9.17, 15) is 8.78 Å². The Morgan fingerprint density at radius 2 is 1.77 bits per heavy atom. The van der Waals surface area contributed by atoms with Crippen LogP contribution in [0.4, 0.5) is 13.9 Å². The average molecular weight is 441 g/mol. The Kier molecular flexibility index (Phi) is 5.37. The molecule has 1 saturated heterocycles. The summed E-state index contributed by atoms with van der Waals surface area (Å²) in [5.41, 5.74) is 9.17. The van der Waals surface area contributed by atoms with E-state index in [2.05, 4.69) is 20.2 Å². The molecule has 160 valence electrons. The van der Waals surface area contributed by atoms with Crippen molar-refractivity contribution in [3.8, 4) is 11.3 Å². The van der Waals surface area contributed by atoms with E-state index in [1.165, 1.54) is 35.6 Å². The van der Waals surface area contributed by atoms with E-state index in [1.54, 1.807) is 18.2 Å². The number of benzene rings is 2. The quantitative estimate of drug-likeness (QED) is 0.501. The second-order valence-electron chi connectivity index (χ2n) is 7.82. The molecule has 0 aliphatic carbocycles. The van der Waals surface area contributed by atoms with E-state index in [0.717, 1.165) is 60.5 Å². The number of hydrogen-bond donors (Lipinski definition) is 1. The molecule has 4 aromatic rings. The molecule has 9 heteroatoms. The number of piperidine rings is 1. The summed E-state index contributed by atoms with van der Waals surface area (Å²) in [6, 6.07) is 11.3. The molecule has 0 atom stereocenters. The first-order chi connectivity index (χ1) is 15.1. The molecule has 5 rings (SSSR count). The summed E-state index contributed by atoms with van der Waals surface area (Å²) in [6.45, 7) is 2.81. The van der Waals surface area contributed by atoms with Crippen LogP contribution in [-0.4, -0.2) is 44.5 Å². The van der Waals surface area contributed by atoms with Crippen LogP contribution in [0.3, 0.4) is 0 Å². The normalized spacial score (nSPS) is 15.7. The van der Waals surface area contributed by atoms with Gasteiger partial charge in [0.1, 0.15) is 17.2 Å². The molecule has 1 aliphatic rings. The number of nitrogen functional groups attached to an aromatic ring is 1. The van der Waals surface area contributed by atoms with E-state index >= 15 is 0 Å². The van der Waals surface area contributed by atoms with E-state index < -0.39 is 0 Å². The molecule has 0 radical (unpaired) electrons. The minimum absolute atomic E-state index is 0.262. The van der Waals surface area contributed by atoms with Crippen LogP contribution in [0.5, 0.6) is 0 Å². The van der Waals surface area contributed by atoms with Gasteiger partial charge in [-0.3, -0.25) is 0 Å². The Hall–Kier alpha value is -2.91. The maximum absolute atomic E-state index is 13.4. The summed E-state index contributed by atoms with van der Waals surface area (Å²) in [5, 5.41) is 8.91. The van der Waals surface area contributed by atoms with Crippen molar-refractivity contribution in [2.24, 2.45) is 0 Å². The van der Waals surface area contributed by atoms with Gasteiger partial charge in [0.2, 0.25) is 0 Å². The van der Waals surface area contributed by atoms with Gasteiger partial charge in [0.05, 0.1) is 17.3 Å². The average Bonchev–Trinajstić information content (AvgIpc) is 3.36. The lowest BCUT2D eigenvalue weighted by Crippen LogP contribution is -2.36. The third-order valence-electron chi connectivity index (χ3n) is 5.82. The Bertz CT molecular complexity index is 1190. The van der Waals surface area contributed by atoms with Gasteiger partial charge in [-0.1, -0.05) is 5.21 Å². The lowest BCUT2D eigenvalue weighted by atomic mass is 10.0. The van der Waals surface area contributed by atoms with Crippen LogP contribution in [0, 0.1) is 11.6 Å². The van der Waals surface area contributed by atoms with Crippen molar-refractivity contribution < 1.29 is 8.78 Å². The van der Waals surface area contributed by atoms with Crippen LogP contribution in [0.25, 0.3) is 22.3 Å². The Morgan fingerprint density at radius 1 is 1.03 bits per heavy atom. The molecule has 31 heavy (non-hydrogen) atoms. The molecule has 0 amide bonds. The molecule has 2 N–H and O–H groups in total. The van der Waals surface area contributed by atoms with Crippen molar-refractivity contribution >= 4 is 27.5 Å². The van der Waals surface area contributed by atoms with Crippen LogP contribution in [0.2, 0.25) is 0 Å². The highest BCUT2D eigenvalue weighted by molar-refractivity contribution is 7.15. The maximum Gasteiger partial charge on any atom is 0.180 e. The summed E-state index contributed by atoms with van der Waals surface area (Å²) in [5.74, 6) is -0.556. The number of hydrogen-bond acceptors (Lipinski definition) is 6. The number of halogens is 2. The van der Waals surface area contributed by atoms with E-state index in [4.69, 9.17) is 5.73 Å². The lowest BCUT2D eigenvalue weighted by Gasteiger charge is -2.32. The van der Waals surface area contributed by atoms with Crippen molar-refractivity contribution in [1.82, 2.24) is 24.9 Å². The smallest absolute Gasteiger partial charge is 0.180 e. The van der Waals surface area contributed by atoms with Crippen molar-refractivity contribution in [3.63, 3.8) is 0 Å². The number of aromatic nitrogens is 4. The highest BCUT2D eigenvalue weighted by Crippen LogP contribution is 2.31. The van der Waals surface area contributed by atoms with Crippen LogP contribution in [0.1, 0.15) is 23.8 Å². The van der Waals surface area contributed by atoms with E-state index in [-0.39, 0.29) is 17.7 Å². The second-order valence-corrected chi connectivity index (χ2v) is 8.94.